The largest absolute Gasteiger partial charge is 0.416 e. The van der Waals surface area contributed by atoms with Gasteiger partial charge in [0.1, 0.15) is 8.07 Å². The van der Waals surface area contributed by atoms with Crippen LogP contribution in [0.4, 0.5) is 13.2 Å². The van der Waals surface area contributed by atoms with Gasteiger partial charge in [0.05, 0.1) is 5.56 Å². The Morgan fingerprint density at radius 1 is 1.25 bits per heavy atom. The van der Waals surface area contributed by atoms with Crippen molar-refractivity contribution >= 4 is 8.07 Å². The second-order valence-electron chi connectivity index (χ2n) is 4.49. The van der Waals surface area contributed by atoms with E-state index >= 15 is 0 Å². The van der Waals surface area contributed by atoms with Crippen LogP contribution >= 0.6 is 0 Å². The summed E-state index contributed by atoms with van der Waals surface area (Å²) in [5.74, 6) is 2.75. The number of alkyl halides is 3. The summed E-state index contributed by atoms with van der Waals surface area (Å²) < 4.78 is 37.2. The molecule has 0 aliphatic heterocycles. The first-order chi connectivity index (χ1) is 7.18. The Bertz CT molecular complexity index is 430. The smallest absolute Gasteiger partial charge is 0.166 e. The molecule has 1 aromatic carbocycles. The average molecular weight is 241 g/mol. The van der Waals surface area contributed by atoms with E-state index in [1.807, 2.05) is 19.6 Å². The SMILES string of the molecule is C[Si](C)(C)C#Cc1[c]ccc(C(F)(F)F)c1. The van der Waals surface area contributed by atoms with E-state index in [4.69, 9.17) is 0 Å². The van der Waals surface area contributed by atoms with E-state index < -0.39 is 19.8 Å². The Hall–Kier alpha value is -1.21. The highest BCUT2D eigenvalue weighted by Crippen LogP contribution is 2.29. The number of halogens is 3. The standard InChI is InChI=1S/C12H12F3Si/c1-16(2,3)8-7-10-5-4-6-11(9-10)12(13,14)15/h4,6,9H,1-3H3. The number of hydrogen-bond acceptors (Lipinski definition) is 0. The highest BCUT2D eigenvalue weighted by molar-refractivity contribution is 6.83. The minimum absolute atomic E-state index is 0.303. The molecule has 0 unspecified atom stereocenters. The summed E-state index contributed by atoms with van der Waals surface area (Å²) in [4.78, 5) is 0. The van der Waals surface area contributed by atoms with Gasteiger partial charge < -0.3 is 0 Å². The minimum Gasteiger partial charge on any atom is -0.166 e. The third-order valence-corrected chi connectivity index (χ3v) is 2.58. The zero-order chi connectivity index (χ0) is 12.4. The molecule has 0 atom stereocenters. The van der Waals surface area contributed by atoms with Crippen LogP contribution in [0, 0.1) is 17.5 Å². The summed E-state index contributed by atoms with van der Waals surface area (Å²) in [5.41, 5.74) is 2.64. The molecule has 4 heteroatoms. The second kappa shape index (κ2) is 4.34. The van der Waals surface area contributed by atoms with E-state index in [0.29, 0.717) is 5.56 Å². The third-order valence-electron chi connectivity index (χ3n) is 1.70. The quantitative estimate of drug-likeness (QED) is 0.479. The molecule has 1 radical (unpaired) electrons. The van der Waals surface area contributed by atoms with Crippen molar-refractivity contribution in [2.24, 2.45) is 0 Å². The number of rotatable bonds is 0. The first-order valence-corrected chi connectivity index (χ1v) is 8.30. The van der Waals surface area contributed by atoms with E-state index in [-0.39, 0.29) is 0 Å². The summed E-state index contributed by atoms with van der Waals surface area (Å²) in [5, 5.41) is 0. The molecule has 0 saturated carbocycles. The minimum atomic E-state index is -4.31. The van der Waals surface area contributed by atoms with E-state index in [1.165, 1.54) is 6.07 Å². The molecule has 1 rings (SSSR count). The lowest BCUT2D eigenvalue weighted by Gasteiger charge is -2.06. The van der Waals surface area contributed by atoms with Gasteiger partial charge in [0.25, 0.3) is 0 Å². The Morgan fingerprint density at radius 3 is 2.38 bits per heavy atom. The van der Waals surface area contributed by atoms with Crippen molar-refractivity contribution in [3.8, 4) is 11.5 Å². The zero-order valence-corrected chi connectivity index (χ0v) is 10.4. The maximum absolute atomic E-state index is 12.4. The monoisotopic (exact) mass is 241 g/mol. The van der Waals surface area contributed by atoms with Crippen molar-refractivity contribution in [3.05, 3.63) is 35.4 Å². The van der Waals surface area contributed by atoms with Gasteiger partial charge in [-0.05, 0) is 18.2 Å². The second-order valence-corrected chi connectivity index (χ2v) is 9.24. The van der Waals surface area contributed by atoms with Crippen molar-refractivity contribution in [1.82, 2.24) is 0 Å². The molecule has 0 nitrogen and oxygen atoms in total. The lowest BCUT2D eigenvalue weighted by molar-refractivity contribution is -0.137. The topological polar surface area (TPSA) is 0 Å². The fourth-order valence-electron chi connectivity index (χ4n) is 0.970. The Morgan fingerprint density at radius 2 is 1.88 bits per heavy atom. The first kappa shape index (κ1) is 12.9. The summed E-state index contributed by atoms with van der Waals surface area (Å²) >= 11 is 0. The highest BCUT2D eigenvalue weighted by atomic mass is 28.3. The Labute approximate surface area is 94.5 Å². The molecule has 1 aromatic rings. The predicted octanol–water partition coefficient (Wildman–Crippen LogP) is 3.73. The maximum atomic E-state index is 12.4. The third kappa shape index (κ3) is 4.11. The summed E-state index contributed by atoms with van der Waals surface area (Å²) in [6.07, 6.45) is -4.31. The highest BCUT2D eigenvalue weighted by Gasteiger charge is 2.30. The van der Waals surface area contributed by atoms with E-state index in [2.05, 4.69) is 17.5 Å². The average Bonchev–Trinajstić information content (AvgIpc) is 2.13. The molecule has 0 fully saturated rings. The van der Waals surface area contributed by atoms with Crippen LogP contribution in [0.25, 0.3) is 0 Å². The van der Waals surface area contributed by atoms with Crippen LogP contribution in [0.3, 0.4) is 0 Å². The van der Waals surface area contributed by atoms with Gasteiger partial charge in [-0.15, -0.1) is 5.54 Å². The Balaban J connectivity index is 3.04. The fraction of sp³-hybridized carbons (Fsp3) is 0.333. The molecule has 0 N–H and O–H groups in total. The molecule has 0 amide bonds. The van der Waals surface area contributed by atoms with Gasteiger partial charge in [-0.1, -0.05) is 31.6 Å². The molecule has 0 aliphatic carbocycles. The fourth-order valence-corrected chi connectivity index (χ4v) is 1.48. The van der Waals surface area contributed by atoms with Crippen molar-refractivity contribution in [3.63, 3.8) is 0 Å². The van der Waals surface area contributed by atoms with Gasteiger partial charge in [0.2, 0.25) is 0 Å². The zero-order valence-electron chi connectivity index (χ0n) is 9.37. The molecule has 0 bridgehead atoms. The summed E-state index contributed by atoms with van der Waals surface area (Å²) in [7, 11) is -1.57. The van der Waals surface area contributed by atoms with Crippen molar-refractivity contribution in [1.29, 1.82) is 0 Å². The molecule has 0 spiro atoms. The van der Waals surface area contributed by atoms with Crippen LogP contribution in [0.15, 0.2) is 18.2 Å². The lowest BCUT2D eigenvalue weighted by atomic mass is 10.1. The molecule has 16 heavy (non-hydrogen) atoms. The van der Waals surface area contributed by atoms with E-state index in [0.717, 1.165) is 12.1 Å². The van der Waals surface area contributed by atoms with Gasteiger partial charge in [0, 0.05) is 5.56 Å². The van der Waals surface area contributed by atoms with Crippen LogP contribution in [0.2, 0.25) is 19.6 Å². The molecule has 0 heterocycles. The van der Waals surface area contributed by atoms with E-state index in [9.17, 15) is 13.2 Å². The van der Waals surface area contributed by atoms with Gasteiger partial charge in [-0.25, -0.2) is 0 Å². The number of benzene rings is 1. The van der Waals surface area contributed by atoms with E-state index in [1.54, 1.807) is 0 Å². The predicted molar refractivity (Wildman–Crippen MR) is 60.5 cm³/mol. The molecular formula is C12H12F3Si. The lowest BCUT2D eigenvalue weighted by Crippen LogP contribution is -2.16. The van der Waals surface area contributed by atoms with Crippen LogP contribution in [0.1, 0.15) is 11.1 Å². The maximum Gasteiger partial charge on any atom is 0.416 e. The normalized spacial score (nSPS) is 11.9. The summed E-state index contributed by atoms with van der Waals surface area (Å²) in [6.45, 7) is 6.11. The van der Waals surface area contributed by atoms with Crippen molar-refractivity contribution in [2.75, 3.05) is 0 Å². The van der Waals surface area contributed by atoms with Crippen LogP contribution in [-0.4, -0.2) is 8.07 Å². The van der Waals surface area contributed by atoms with Gasteiger partial charge in [0.15, 0.2) is 0 Å². The molecule has 0 aliphatic rings. The van der Waals surface area contributed by atoms with Gasteiger partial charge in [-0.3, -0.25) is 0 Å². The van der Waals surface area contributed by atoms with Crippen molar-refractivity contribution in [2.45, 2.75) is 25.8 Å². The van der Waals surface area contributed by atoms with Gasteiger partial charge >= 0.3 is 6.18 Å². The molecule has 0 aromatic heterocycles. The Kier molecular flexibility index (Phi) is 3.49. The molecule has 85 valence electrons. The van der Waals surface area contributed by atoms with Crippen molar-refractivity contribution < 1.29 is 13.2 Å². The van der Waals surface area contributed by atoms with Crippen LogP contribution in [0.5, 0.6) is 0 Å². The molecular weight excluding hydrogens is 229 g/mol. The summed E-state index contributed by atoms with van der Waals surface area (Å²) in [6, 6.07) is 6.00. The van der Waals surface area contributed by atoms with Crippen LogP contribution in [-0.2, 0) is 6.18 Å². The van der Waals surface area contributed by atoms with Crippen LogP contribution < -0.4 is 0 Å². The number of hydrogen-bond donors (Lipinski definition) is 0. The molecule has 0 saturated heterocycles. The van der Waals surface area contributed by atoms with Gasteiger partial charge in [-0.2, -0.15) is 13.2 Å². The first-order valence-electron chi connectivity index (χ1n) is 4.80.